The summed E-state index contributed by atoms with van der Waals surface area (Å²) in [6.45, 7) is 0. The number of halogens is 3. The number of alkyl halides is 3. The van der Waals surface area contributed by atoms with Crippen molar-refractivity contribution in [2.75, 3.05) is 10.6 Å². The monoisotopic (exact) mass is 451 g/mol. The van der Waals surface area contributed by atoms with Crippen LogP contribution in [0, 0.1) is 0 Å². The lowest BCUT2D eigenvalue weighted by Crippen LogP contribution is -2.18. The molecule has 33 heavy (non-hydrogen) atoms. The van der Waals surface area contributed by atoms with Gasteiger partial charge in [0.2, 0.25) is 0 Å². The minimum atomic E-state index is -4.53. The van der Waals surface area contributed by atoms with E-state index in [1.807, 2.05) is 0 Å². The van der Waals surface area contributed by atoms with Crippen LogP contribution in [0.5, 0.6) is 0 Å². The minimum absolute atomic E-state index is 0.0142. The third kappa shape index (κ3) is 5.06. The van der Waals surface area contributed by atoms with E-state index in [-0.39, 0.29) is 16.9 Å². The molecule has 0 atom stereocenters. The van der Waals surface area contributed by atoms with Crippen LogP contribution in [0.15, 0.2) is 85.5 Å². The summed E-state index contributed by atoms with van der Waals surface area (Å²) < 4.78 is 40.3. The average Bonchev–Trinajstić information content (AvgIpc) is 3.34. The van der Waals surface area contributed by atoms with Gasteiger partial charge in [-0.15, -0.1) is 0 Å². The van der Waals surface area contributed by atoms with Gasteiger partial charge >= 0.3 is 6.18 Å². The summed E-state index contributed by atoms with van der Waals surface area (Å²) in [4.78, 5) is 29.3. The first-order valence-corrected chi connectivity index (χ1v) is 9.65. The van der Waals surface area contributed by atoms with Crippen molar-refractivity contribution in [1.29, 1.82) is 0 Å². The van der Waals surface area contributed by atoms with Crippen LogP contribution < -0.4 is 10.6 Å². The van der Waals surface area contributed by atoms with Crippen LogP contribution in [0.25, 0.3) is 5.69 Å². The molecule has 0 spiro atoms. The maximum atomic E-state index is 12.9. The Labute approximate surface area is 185 Å². The number of benzene rings is 3. The van der Waals surface area contributed by atoms with Gasteiger partial charge in [0.1, 0.15) is 12.7 Å². The Hall–Kier alpha value is -4.47. The lowest BCUT2D eigenvalue weighted by Gasteiger charge is -2.13. The van der Waals surface area contributed by atoms with Crippen molar-refractivity contribution in [3.8, 4) is 5.69 Å². The number of anilines is 2. The number of nitrogens with zero attached hydrogens (tertiary/aromatic N) is 3. The second-order valence-electron chi connectivity index (χ2n) is 6.92. The number of carbonyl (C=O) groups excluding carboxylic acids is 2. The van der Waals surface area contributed by atoms with Gasteiger partial charge in [-0.05, 0) is 54.6 Å². The van der Waals surface area contributed by atoms with E-state index in [0.29, 0.717) is 11.3 Å². The van der Waals surface area contributed by atoms with E-state index in [2.05, 4.69) is 20.7 Å². The fraction of sp³-hybridized carbons (Fsp3) is 0.0435. The van der Waals surface area contributed by atoms with Gasteiger partial charge in [-0.2, -0.15) is 18.3 Å². The van der Waals surface area contributed by atoms with E-state index in [9.17, 15) is 22.8 Å². The Morgan fingerprint density at radius 1 is 0.848 bits per heavy atom. The summed E-state index contributed by atoms with van der Waals surface area (Å²) in [5, 5.41) is 9.12. The summed E-state index contributed by atoms with van der Waals surface area (Å²) in [6.07, 6.45) is -1.62. The summed E-state index contributed by atoms with van der Waals surface area (Å²) in [7, 11) is 0. The maximum absolute atomic E-state index is 12.9. The van der Waals surface area contributed by atoms with E-state index < -0.39 is 23.6 Å². The highest BCUT2D eigenvalue weighted by atomic mass is 19.4. The zero-order valence-electron chi connectivity index (χ0n) is 16.9. The molecule has 0 bridgehead atoms. The lowest BCUT2D eigenvalue weighted by molar-refractivity contribution is -0.137. The van der Waals surface area contributed by atoms with Crippen molar-refractivity contribution in [3.05, 3.63) is 102 Å². The second kappa shape index (κ2) is 8.95. The fourth-order valence-corrected chi connectivity index (χ4v) is 3.06. The standard InChI is InChI=1S/C23H16F3N5O2/c24-23(25,26)16-4-3-5-17(12-16)29-22(33)19-6-1-2-7-20(19)30-21(32)15-8-10-18(11-9-15)31-14-27-13-28-31/h1-14H,(H,29,33)(H,30,32). The second-order valence-corrected chi connectivity index (χ2v) is 6.92. The normalized spacial score (nSPS) is 11.1. The SMILES string of the molecule is O=C(Nc1ccccc1C(=O)Nc1cccc(C(F)(F)F)c1)c1ccc(-n2cncn2)cc1. The molecule has 1 aromatic heterocycles. The Bertz CT molecular complexity index is 1290. The molecule has 0 radical (unpaired) electrons. The van der Waals surface area contributed by atoms with Crippen molar-refractivity contribution < 1.29 is 22.8 Å². The molecule has 0 fully saturated rings. The van der Waals surface area contributed by atoms with Gasteiger partial charge in [0.05, 0.1) is 22.5 Å². The molecular formula is C23H16F3N5O2. The minimum Gasteiger partial charge on any atom is -0.322 e. The highest BCUT2D eigenvalue weighted by molar-refractivity contribution is 6.12. The molecule has 166 valence electrons. The summed E-state index contributed by atoms with van der Waals surface area (Å²) in [5.74, 6) is -1.12. The molecule has 0 saturated heterocycles. The quantitative estimate of drug-likeness (QED) is 0.457. The van der Waals surface area contributed by atoms with Gasteiger partial charge in [-0.25, -0.2) is 9.67 Å². The van der Waals surface area contributed by atoms with Crippen LogP contribution in [-0.4, -0.2) is 26.6 Å². The van der Waals surface area contributed by atoms with Gasteiger partial charge in [0, 0.05) is 11.3 Å². The van der Waals surface area contributed by atoms with E-state index in [4.69, 9.17) is 0 Å². The van der Waals surface area contributed by atoms with Crippen LogP contribution in [0.2, 0.25) is 0 Å². The van der Waals surface area contributed by atoms with Gasteiger partial charge in [-0.1, -0.05) is 18.2 Å². The molecular weight excluding hydrogens is 435 g/mol. The predicted octanol–water partition coefficient (Wildman–Crippen LogP) is 4.79. The van der Waals surface area contributed by atoms with Crippen molar-refractivity contribution in [1.82, 2.24) is 14.8 Å². The third-order valence-electron chi connectivity index (χ3n) is 4.68. The van der Waals surface area contributed by atoms with E-state index >= 15 is 0 Å². The Balaban J connectivity index is 1.50. The highest BCUT2D eigenvalue weighted by Crippen LogP contribution is 2.31. The molecule has 2 N–H and O–H groups in total. The van der Waals surface area contributed by atoms with Crippen molar-refractivity contribution in [3.63, 3.8) is 0 Å². The first kappa shape index (κ1) is 21.8. The molecule has 10 heteroatoms. The van der Waals surface area contributed by atoms with Gasteiger partial charge in [0.25, 0.3) is 11.8 Å². The third-order valence-corrected chi connectivity index (χ3v) is 4.68. The molecule has 2 amide bonds. The first-order chi connectivity index (χ1) is 15.8. The van der Waals surface area contributed by atoms with E-state index in [1.165, 1.54) is 41.6 Å². The molecule has 4 rings (SSSR count). The molecule has 0 saturated carbocycles. The molecule has 4 aromatic rings. The number of amides is 2. The first-order valence-electron chi connectivity index (χ1n) is 9.65. The summed E-state index contributed by atoms with van der Waals surface area (Å²) in [6, 6.07) is 17.1. The number of hydrogen-bond donors (Lipinski definition) is 2. The summed E-state index contributed by atoms with van der Waals surface area (Å²) >= 11 is 0. The van der Waals surface area contributed by atoms with Crippen LogP contribution in [0.4, 0.5) is 24.5 Å². The molecule has 3 aromatic carbocycles. The van der Waals surface area contributed by atoms with E-state index in [1.54, 1.807) is 36.4 Å². The highest BCUT2D eigenvalue weighted by Gasteiger charge is 2.30. The number of hydrogen-bond acceptors (Lipinski definition) is 4. The van der Waals surface area contributed by atoms with Crippen LogP contribution >= 0.6 is 0 Å². The van der Waals surface area contributed by atoms with Crippen LogP contribution in [0.3, 0.4) is 0 Å². The number of aromatic nitrogens is 3. The Kier molecular flexibility index (Phi) is 5.90. The van der Waals surface area contributed by atoms with E-state index in [0.717, 1.165) is 12.1 Å². The lowest BCUT2D eigenvalue weighted by atomic mass is 10.1. The van der Waals surface area contributed by atoms with Crippen molar-refractivity contribution >= 4 is 23.2 Å². The van der Waals surface area contributed by atoms with Crippen molar-refractivity contribution in [2.24, 2.45) is 0 Å². The number of rotatable bonds is 5. The van der Waals surface area contributed by atoms with Crippen LogP contribution in [0.1, 0.15) is 26.3 Å². The van der Waals surface area contributed by atoms with Gasteiger partial charge < -0.3 is 10.6 Å². The number of nitrogens with one attached hydrogen (secondary N) is 2. The van der Waals surface area contributed by atoms with Crippen LogP contribution in [-0.2, 0) is 6.18 Å². The van der Waals surface area contributed by atoms with Gasteiger partial charge in [-0.3, -0.25) is 9.59 Å². The molecule has 7 nitrogen and oxygen atoms in total. The van der Waals surface area contributed by atoms with Gasteiger partial charge in [0.15, 0.2) is 0 Å². The van der Waals surface area contributed by atoms with Crippen molar-refractivity contribution in [2.45, 2.75) is 6.18 Å². The zero-order valence-corrected chi connectivity index (χ0v) is 16.9. The molecule has 0 aliphatic rings. The topological polar surface area (TPSA) is 88.9 Å². The maximum Gasteiger partial charge on any atom is 0.416 e. The summed E-state index contributed by atoms with van der Waals surface area (Å²) in [5.41, 5.74) is 0.475. The molecule has 0 aliphatic heterocycles. The molecule has 0 unspecified atom stereocenters. The average molecular weight is 451 g/mol. The molecule has 1 heterocycles. The smallest absolute Gasteiger partial charge is 0.322 e. The largest absolute Gasteiger partial charge is 0.416 e. The zero-order chi connectivity index (χ0) is 23.4. The number of carbonyl (C=O) groups is 2. The Morgan fingerprint density at radius 3 is 2.30 bits per heavy atom. The molecule has 0 aliphatic carbocycles. The fourth-order valence-electron chi connectivity index (χ4n) is 3.06. The predicted molar refractivity (Wildman–Crippen MR) is 115 cm³/mol. The Morgan fingerprint density at radius 2 is 1.61 bits per heavy atom. The number of para-hydroxylation sites is 1.